The summed E-state index contributed by atoms with van der Waals surface area (Å²) in [4.78, 5) is 4.25. The van der Waals surface area contributed by atoms with E-state index in [4.69, 9.17) is 15.0 Å². The van der Waals surface area contributed by atoms with E-state index in [1.54, 1.807) is 12.1 Å². The van der Waals surface area contributed by atoms with Gasteiger partial charge >= 0.3 is 0 Å². The first kappa shape index (κ1) is 12.4. The van der Waals surface area contributed by atoms with Crippen molar-refractivity contribution >= 4 is 5.69 Å². The van der Waals surface area contributed by atoms with Crippen molar-refractivity contribution in [3.8, 4) is 5.75 Å². The van der Waals surface area contributed by atoms with Crippen LogP contribution < -0.4 is 10.5 Å². The molecule has 0 aliphatic carbocycles. The smallest absolute Gasteiger partial charge is 0.264 e. The molecule has 2 rings (SSSR count). The lowest BCUT2D eigenvalue weighted by Gasteiger charge is -2.02. The van der Waals surface area contributed by atoms with Crippen molar-refractivity contribution in [1.29, 1.82) is 0 Å². The van der Waals surface area contributed by atoms with Crippen LogP contribution in [0.4, 0.5) is 5.69 Å². The number of ether oxygens (including phenoxy) is 1. The van der Waals surface area contributed by atoms with Crippen molar-refractivity contribution in [2.75, 3.05) is 5.73 Å². The number of nitrogens with two attached hydrogens (primary N) is 1. The van der Waals surface area contributed by atoms with Gasteiger partial charge in [-0.15, -0.1) is 0 Å². The highest BCUT2D eigenvalue weighted by Crippen LogP contribution is 2.14. The Balaban J connectivity index is 1.86. The second-order valence-electron chi connectivity index (χ2n) is 4.07. The van der Waals surface area contributed by atoms with Gasteiger partial charge in [0.05, 0.1) is 0 Å². The molecule has 0 radical (unpaired) electrons. The molecule has 1 aromatic heterocycles. The maximum Gasteiger partial charge on any atom is 0.264 e. The Bertz CT molecular complexity index is 479. The van der Waals surface area contributed by atoms with Gasteiger partial charge in [0.15, 0.2) is 12.4 Å². The standard InChI is InChI=1S/C13H17N3O2/c1-2-3-4-12-15-13(18-16-12)9-17-11-7-5-10(14)6-8-11/h5-8H,2-4,9,14H2,1H3. The summed E-state index contributed by atoms with van der Waals surface area (Å²) in [5.41, 5.74) is 6.30. The van der Waals surface area contributed by atoms with E-state index in [0.717, 1.165) is 30.8 Å². The summed E-state index contributed by atoms with van der Waals surface area (Å²) < 4.78 is 10.6. The minimum atomic E-state index is 0.281. The minimum absolute atomic E-state index is 0.281. The lowest BCUT2D eigenvalue weighted by molar-refractivity contribution is 0.242. The number of aryl methyl sites for hydroxylation is 1. The normalized spacial score (nSPS) is 10.5. The molecule has 0 fully saturated rings. The van der Waals surface area contributed by atoms with Gasteiger partial charge < -0.3 is 15.0 Å². The van der Waals surface area contributed by atoms with Crippen molar-refractivity contribution in [3.63, 3.8) is 0 Å². The number of rotatable bonds is 6. The van der Waals surface area contributed by atoms with Crippen molar-refractivity contribution < 1.29 is 9.26 Å². The summed E-state index contributed by atoms with van der Waals surface area (Å²) in [6.45, 7) is 2.41. The average Bonchev–Trinajstić information content (AvgIpc) is 2.84. The molecule has 0 spiro atoms. The first-order valence-corrected chi connectivity index (χ1v) is 6.07. The zero-order chi connectivity index (χ0) is 12.8. The zero-order valence-corrected chi connectivity index (χ0v) is 10.4. The zero-order valence-electron chi connectivity index (χ0n) is 10.4. The molecule has 0 aliphatic heterocycles. The predicted octanol–water partition coefficient (Wildman–Crippen LogP) is 2.57. The van der Waals surface area contributed by atoms with E-state index >= 15 is 0 Å². The van der Waals surface area contributed by atoms with Crippen LogP contribution in [0.5, 0.6) is 5.75 Å². The van der Waals surface area contributed by atoms with Gasteiger partial charge in [0.2, 0.25) is 0 Å². The molecule has 0 atom stereocenters. The highest BCUT2D eigenvalue weighted by Gasteiger charge is 2.06. The van der Waals surface area contributed by atoms with E-state index in [1.807, 2.05) is 12.1 Å². The van der Waals surface area contributed by atoms with Gasteiger partial charge in [0.1, 0.15) is 5.75 Å². The van der Waals surface area contributed by atoms with Crippen molar-refractivity contribution in [3.05, 3.63) is 36.0 Å². The first-order valence-electron chi connectivity index (χ1n) is 6.07. The summed E-state index contributed by atoms with van der Waals surface area (Å²) in [7, 11) is 0. The van der Waals surface area contributed by atoms with E-state index in [9.17, 15) is 0 Å². The SMILES string of the molecule is CCCCc1noc(COc2ccc(N)cc2)n1. The fourth-order valence-electron chi connectivity index (χ4n) is 1.49. The average molecular weight is 247 g/mol. The lowest BCUT2D eigenvalue weighted by atomic mass is 10.2. The minimum Gasteiger partial charge on any atom is -0.484 e. The summed E-state index contributed by atoms with van der Waals surface area (Å²) in [5, 5.41) is 3.89. The molecule has 1 aromatic carbocycles. The van der Waals surface area contributed by atoms with Crippen LogP contribution in [0.25, 0.3) is 0 Å². The molecule has 5 nitrogen and oxygen atoms in total. The molecular formula is C13H17N3O2. The Morgan fingerprint density at radius 1 is 1.28 bits per heavy atom. The molecule has 0 amide bonds. The largest absolute Gasteiger partial charge is 0.484 e. The second-order valence-corrected chi connectivity index (χ2v) is 4.07. The van der Waals surface area contributed by atoms with Crippen LogP contribution in [0.1, 0.15) is 31.5 Å². The maximum absolute atomic E-state index is 5.59. The van der Waals surface area contributed by atoms with Crippen LogP contribution in [0.2, 0.25) is 0 Å². The Morgan fingerprint density at radius 3 is 2.78 bits per heavy atom. The van der Waals surface area contributed by atoms with Gasteiger partial charge in [-0.3, -0.25) is 0 Å². The number of hydrogen-bond acceptors (Lipinski definition) is 5. The van der Waals surface area contributed by atoms with Crippen LogP contribution >= 0.6 is 0 Å². The number of hydrogen-bond donors (Lipinski definition) is 1. The number of anilines is 1. The molecule has 2 aromatic rings. The third-order valence-electron chi connectivity index (χ3n) is 2.51. The van der Waals surface area contributed by atoms with Crippen LogP contribution in [-0.2, 0) is 13.0 Å². The first-order chi connectivity index (χ1) is 8.78. The van der Waals surface area contributed by atoms with Crippen molar-refractivity contribution in [2.24, 2.45) is 0 Å². The van der Waals surface area contributed by atoms with E-state index in [-0.39, 0.29) is 6.61 Å². The van der Waals surface area contributed by atoms with Crippen LogP contribution in [0, 0.1) is 0 Å². The fraction of sp³-hybridized carbons (Fsp3) is 0.385. The Labute approximate surface area is 106 Å². The number of unbranched alkanes of at least 4 members (excludes halogenated alkanes) is 1. The Morgan fingerprint density at radius 2 is 2.06 bits per heavy atom. The predicted molar refractivity (Wildman–Crippen MR) is 68.1 cm³/mol. The third-order valence-corrected chi connectivity index (χ3v) is 2.51. The molecule has 96 valence electrons. The fourth-order valence-corrected chi connectivity index (χ4v) is 1.49. The second kappa shape index (κ2) is 6.05. The molecule has 0 saturated heterocycles. The van der Waals surface area contributed by atoms with Gasteiger partial charge in [-0.05, 0) is 30.7 Å². The quantitative estimate of drug-likeness (QED) is 0.794. The summed E-state index contributed by atoms with van der Waals surface area (Å²) >= 11 is 0. The highest BCUT2D eigenvalue weighted by atomic mass is 16.5. The number of aromatic nitrogens is 2. The lowest BCUT2D eigenvalue weighted by Crippen LogP contribution is -1.96. The van der Waals surface area contributed by atoms with Gasteiger partial charge in [-0.1, -0.05) is 18.5 Å². The van der Waals surface area contributed by atoms with E-state index in [2.05, 4.69) is 17.1 Å². The summed E-state index contributed by atoms with van der Waals surface area (Å²) in [6.07, 6.45) is 3.03. The molecular weight excluding hydrogens is 230 g/mol. The number of benzene rings is 1. The van der Waals surface area contributed by atoms with Crippen molar-refractivity contribution in [2.45, 2.75) is 32.8 Å². The number of nitrogen functional groups attached to an aromatic ring is 1. The monoisotopic (exact) mass is 247 g/mol. The van der Waals surface area contributed by atoms with E-state index in [1.165, 1.54) is 0 Å². The topological polar surface area (TPSA) is 74.2 Å². The Kier molecular flexibility index (Phi) is 4.17. The van der Waals surface area contributed by atoms with Gasteiger partial charge in [-0.25, -0.2) is 0 Å². The van der Waals surface area contributed by atoms with Gasteiger partial charge in [0.25, 0.3) is 5.89 Å². The van der Waals surface area contributed by atoms with Crippen molar-refractivity contribution in [1.82, 2.24) is 10.1 Å². The van der Waals surface area contributed by atoms with Gasteiger partial charge in [0, 0.05) is 12.1 Å². The maximum atomic E-state index is 5.59. The molecule has 5 heteroatoms. The molecule has 0 unspecified atom stereocenters. The highest BCUT2D eigenvalue weighted by molar-refractivity contribution is 5.41. The van der Waals surface area contributed by atoms with Crippen LogP contribution in [0.15, 0.2) is 28.8 Å². The van der Waals surface area contributed by atoms with Crippen LogP contribution in [-0.4, -0.2) is 10.1 Å². The number of nitrogens with zero attached hydrogens (tertiary/aromatic N) is 2. The van der Waals surface area contributed by atoms with E-state index in [0.29, 0.717) is 11.6 Å². The summed E-state index contributed by atoms with van der Waals surface area (Å²) in [5.74, 6) is 1.98. The van der Waals surface area contributed by atoms with Gasteiger partial charge in [-0.2, -0.15) is 4.98 Å². The van der Waals surface area contributed by atoms with E-state index < -0.39 is 0 Å². The molecule has 0 bridgehead atoms. The molecule has 0 aliphatic rings. The molecule has 1 heterocycles. The molecule has 18 heavy (non-hydrogen) atoms. The third kappa shape index (κ3) is 3.48. The Hall–Kier alpha value is -2.04. The molecule has 0 saturated carbocycles. The summed E-state index contributed by atoms with van der Waals surface area (Å²) in [6, 6.07) is 7.19. The molecule has 2 N–H and O–H groups in total. The van der Waals surface area contributed by atoms with Crippen LogP contribution in [0.3, 0.4) is 0 Å².